The highest BCUT2D eigenvalue weighted by Gasteiger charge is 2.11. The van der Waals surface area contributed by atoms with Gasteiger partial charge in [-0.05, 0) is 73.9 Å². The molecule has 3 aromatic rings. The minimum atomic E-state index is -0.322. The maximum Gasteiger partial charge on any atom is 0.257 e. The van der Waals surface area contributed by atoms with Crippen LogP contribution >= 0.6 is 0 Å². The fraction of sp³-hybridized carbons (Fsp3) is 0.217. The van der Waals surface area contributed by atoms with Crippen LogP contribution in [0.3, 0.4) is 0 Å². The molecule has 1 amide bonds. The minimum absolute atomic E-state index is 0.222. The van der Waals surface area contributed by atoms with E-state index < -0.39 is 0 Å². The average molecular weight is 390 g/mol. The second-order valence-corrected chi connectivity index (χ2v) is 7.12. The van der Waals surface area contributed by atoms with Crippen molar-refractivity contribution in [3.8, 4) is 0 Å². The predicted molar refractivity (Wildman–Crippen MR) is 114 cm³/mol. The highest BCUT2D eigenvalue weighted by Crippen LogP contribution is 2.22. The number of nitrogens with zero attached hydrogens (tertiary/aromatic N) is 2. The van der Waals surface area contributed by atoms with Crippen LogP contribution in [0, 0.1) is 5.82 Å². The van der Waals surface area contributed by atoms with Crippen LogP contribution in [0.25, 0.3) is 0 Å². The van der Waals surface area contributed by atoms with Gasteiger partial charge in [0, 0.05) is 36.3 Å². The molecular formula is C23H23FN4O. The fourth-order valence-corrected chi connectivity index (χ4v) is 3.43. The van der Waals surface area contributed by atoms with Crippen LogP contribution in [0.4, 0.5) is 27.3 Å². The molecular weight excluding hydrogens is 367 g/mol. The number of pyridine rings is 1. The Balaban J connectivity index is 1.36. The minimum Gasteiger partial charge on any atom is -0.372 e. The first kappa shape index (κ1) is 18.9. The normalized spacial score (nSPS) is 13.8. The summed E-state index contributed by atoms with van der Waals surface area (Å²) in [6.07, 6.45) is 5.26. The molecule has 0 aliphatic carbocycles. The first-order chi connectivity index (χ1) is 14.2. The molecule has 1 fully saturated rings. The Morgan fingerprint density at radius 3 is 2.41 bits per heavy atom. The van der Waals surface area contributed by atoms with Gasteiger partial charge in [-0.15, -0.1) is 0 Å². The van der Waals surface area contributed by atoms with Crippen LogP contribution in [0.15, 0.2) is 66.9 Å². The molecule has 2 heterocycles. The second kappa shape index (κ2) is 8.73. The molecule has 1 aliphatic rings. The lowest BCUT2D eigenvalue weighted by molar-refractivity contribution is 0.102. The molecule has 1 aromatic heterocycles. The van der Waals surface area contributed by atoms with Gasteiger partial charge >= 0.3 is 0 Å². The number of rotatable bonds is 5. The Labute approximate surface area is 169 Å². The quantitative estimate of drug-likeness (QED) is 0.628. The van der Waals surface area contributed by atoms with Crippen LogP contribution in [-0.2, 0) is 0 Å². The molecule has 1 aliphatic heterocycles. The molecule has 0 bridgehead atoms. The number of nitrogens with one attached hydrogen (secondary N) is 2. The summed E-state index contributed by atoms with van der Waals surface area (Å²) in [6.45, 7) is 2.18. The van der Waals surface area contributed by atoms with Crippen LogP contribution in [0.5, 0.6) is 0 Å². The summed E-state index contributed by atoms with van der Waals surface area (Å²) in [5.41, 5.74) is 2.99. The predicted octanol–water partition coefficient (Wildman–Crippen LogP) is 5.21. The van der Waals surface area contributed by atoms with Gasteiger partial charge in [0.2, 0.25) is 0 Å². The summed E-state index contributed by atoms with van der Waals surface area (Å²) >= 11 is 0. The molecule has 29 heavy (non-hydrogen) atoms. The third-order valence-electron chi connectivity index (χ3n) is 4.97. The van der Waals surface area contributed by atoms with Crippen LogP contribution in [0.2, 0.25) is 0 Å². The number of hydrogen-bond acceptors (Lipinski definition) is 4. The summed E-state index contributed by atoms with van der Waals surface area (Å²) in [4.78, 5) is 19.1. The third kappa shape index (κ3) is 4.90. The lowest BCUT2D eigenvalue weighted by Gasteiger charge is -2.28. The molecule has 0 saturated carbocycles. The van der Waals surface area contributed by atoms with E-state index in [1.54, 1.807) is 24.3 Å². The molecule has 2 N–H and O–H groups in total. The number of hydrogen-bond donors (Lipinski definition) is 2. The highest BCUT2D eigenvalue weighted by molar-refractivity contribution is 6.04. The van der Waals surface area contributed by atoms with Gasteiger partial charge in [0.25, 0.3) is 5.91 Å². The number of benzene rings is 2. The van der Waals surface area contributed by atoms with Gasteiger partial charge < -0.3 is 15.5 Å². The van der Waals surface area contributed by atoms with E-state index in [9.17, 15) is 9.18 Å². The summed E-state index contributed by atoms with van der Waals surface area (Å²) in [7, 11) is 0. The fourth-order valence-electron chi connectivity index (χ4n) is 3.43. The zero-order chi connectivity index (χ0) is 20.1. The number of halogens is 1. The van der Waals surface area contributed by atoms with Gasteiger partial charge in [-0.25, -0.2) is 9.37 Å². The lowest BCUT2D eigenvalue weighted by Crippen LogP contribution is -2.29. The van der Waals surface area contributed by atoms with Gasteiger partial charge in [0.1, 0.15) is 11.6 Å². The molecule has 1 saturated heterocycles. The molecule has 6 heteroatoms. The number of amides is 1. The van der Waals surface area contributed by atoms with Crippen molar-refractivity contribution in [3.05, 3.63) is 78.2 Å². The van der Waals surface area contributed by atoms with Crippen molar-refractivity contribution in [2.75, 3.05) is 28.6 Å². The molecule has 0 atom stereocenters. The lowest BCUT2D eigenvalue weighted by atomic mass is 10.1. The number of anilines is 4. The van der Waals surface area contributed by atoms with Crippen LogP contribution in [0.1, 0.15) is 29.6 Å². The Kier molecular flexibility index (Phi) is 5.70. The van der Waals surface area contributed by atoms with Gasteiger partial charge in [0.15, 0.2) is 0 Å². The highest BCUT2D eigenvalue weighted by atomic mass is 19.1. The van der Waals surface area contributed by atoms with E-state index in [1.165, 1.54) is 43.3 Å². The third-order valence-corrected chi connectivity index (χ3v) is 4.97. The Morgan fingerprint density at radius 2 is 1.72 bits per heavy atom. The second-order valence-electron chi connectivity index (χ2n) is 7.12. The topological polar surface area (TPSA) is 57.3 Å². The Morgan fingerprint density at radius 1 is 0.931 bits per heavy atom. The summed E-state index contributed by atoms with van der Waals surface area (Å²) in [6, 6.07) is 17.5. The summed E-state index contributed by atoms with van der Waals surface area (Å²) in [5.74, 6) is -0.00383. The molecule has 0 radical (unpaired) electrons. The van der Waals surface area contributed by atoms with Gasteiger partial charge in [-0.1, -0.05) is 6.07 Å². The number of piperidine rings is 1. The Hall–Kier alpha value is -3.41. The first-order valence-electron chi connectivity index (χ1n) is 9.82. The number of carbonyl (C=O) groups excluding carboxylic acids is 1. The smallest absolute Gasteiger partial charge is 0.257 e. The van der Waals surface area contributed by atoms with E-state index >= 15 is 0 Å². The molecule has 0 spiro atoms. The van der Waals surface area contributed by atoms with E-state index in [0.29, 0.717) is 17.1 Å². The maximum absolute atomic E-state index is 13.3. The van der Waals surface area contributed by atoms with Crippen molar-refractivity contribution in [1.82, 2.24) is 4.98 Å². The van der Waals surface area contributed by atoms with E-state index in [-0.39, 0.29) is 11.7 Å². The van der Waals surface area contributed by atoms with E-state index in [4.69, 9.17) is 0 Å². The summed E-state index contributed by atoms with van der Waals surface area (Å²) in [5, 5.41) is 5.91. The molecule has 2 aromatic carbocycles. The van der Waals surface area contributed by atoms with Crippen molar-refractivity contribution < 1.29 is 9.18 Å². The van der Waals surface area contributed by atoms with Crippen molar-refractivity contribution >= 4 is 28.8 Å². The van der Waals surface area contributed by atoms with Gasteiger partial charge in [-0.2, -0.15) is 0 Å². The molecule has 5 nitrogen and oxygen atoms in total. The van der Waals surface area contributed by atoms with Crippen molar-refractivity contribution in [2.45, 2.75) is 19.3 Å². The molecule has 148 valence electrons. The van der Waals surface area contributed by atoms with Gasteiger partial charge in [-0.3, -0.25) is 4.79 Å². The molecule has 4 rings (SSSR count). The number of carbonyl (C=O) groups is 1. The van der Waals surface area contributed by atoms with Crippen LogP contribution in [-0.4, -0.2) is 24.0 Å². The standard InChI is InChI=1S/C23H23FN4O/c24-18-5-4-6-20(15-18)26-22-12-7-17(16-25-22)23(29)27-19-8-10-21(11-9-19)28-13-2-1-3-14-28/h4-12,15-16H,1-3,13-14H2,(H,25,26)(H,27,29). The zero-order valence-electron chi connectivity index (χ0n) is 16.1. The van der Waals surface area contributed by atoms with Crippen molar-refractivity contribution in [1.29, 1.82) is 0 Å². The zero-order valence-corrected chi connectivity index (χ0v) is 16.1. The average Bonchev–Trinajstić information content (AvgIpc) is 2.75. The van der Waals surface area contributed by atoms with Gasteiger partial charge in [0.05, 0.1) is 5.56 Å². The first-order valence-corrected chi connectivity index (χ1v) is 9.82. The van der Waals surface area contributed by atoms with Crippen molar-refractivity contribution in [3.63, 3.8) is 0 Å². The maximum atomic E-state index is 13.3. The monoisotopic (exact) mass is 390 g/mol. The van der Waals surface area contributed by atoms with Crippen molar-refractivity contribution in [2.24, 2.45) is 0 Å². The Bertz CT molecular complexity index is 967. The molecule has 0 unspecified atom stereocenters. The van der Waals surface area contributed by atoms with E-state index in [1.807, 2.05) is 24.3 Å². The van der Waals surface area contributed by atoms with Crippen LogP contribution < -0.4 is 15.5 Å². The largest absolute Gasteiger partial charge is 0.372 e. The number of aromatic nitrogens is 1. The van der Waals surface area contributed by atoms with E-state index in [2.05, 4.69) is 20.5 Å². The SMILES string of the molecule is O=C(Nc1ccc(N2CCCCC2)cc1)c1ccc(Nc2cccc(F)c2)nc1. The summed E-state index contributed by atoms with van der Waals surface area (Å²) < 4.78 is 13.3. The van der Waals surface area contributed by atoms with E-state index in [0.717, 1.165) is 18.8 Å².